The highest BCUT2D eigenvalue weighted by Gasteiger charge is 2.26. The van der Waals surface area contributed by atoms with Crippen LogP contribution in [0.1, 0.15) is 46.3 Å². The highest BCUT2D eigenvalue weighted by molar-refractivity contribution is 8.00. The molecule has 1 saturated heterocycles. The topological polar surface area (TPSA) is 105 Å². The van der Waals surface area contributed by atoms with E-state index in [1.165, 1.54) is 11.8 Å². The smallest absolute Gasteiger partial charge is 0.321 e. The Balaban J connectivity index is 1.74. The first-order valence-electron chi connectivity index (χ1n) is 10.3. The van der Waals surface area contributed by atoms with Crippen molar-refractivity contribution in [3.63, 3.8) is 0 Å². The number of imide groups is 1. The number of hydrogen-bond acceptors (Lipinski definition) is 7. The lowest BCUT2D eigenvalue weighted by molar-refractivity contribution is -0.119. The molecule has 2 N–H and O–H groups in total. The second-order valence-corrected chi connectivity index (χ2v) is 9.30. The summed E-state index contributed by atoms with van der Waals surface area (Å²) in [7, 11) is 0. The lowest BCUT2D eigenvalue weighted by atomic mass is 10.00. The molecule has 1 aliphatic rings. The minimum Gasteiger partial charge on any atom is -0.467 e. The molecular formula is C20H30N6O3S. The van der Waals surface area contributed by atoms with E-state index in [1.807, 2.05) is 30.5 Å². The number of piperidine rings is 1. The molecule has 0 unspecified atom stereocenters. The van der Waals surface area contributed by atoms with E-state index in [9.17, 15) is 9.59 Å². The van der Waals surface area contributed by atoms with Gasteiger partial charge in [-0.2, -0.15) is 0 Å². The number of urea groups is 1. The summed E-state index contributed by atoms with van der Waals surface area (Å²) in [4.78, 5) is 26.5. The summed E-state index contributed by atoms with van der Waals surface area (Å²) in [6, 6.07) is 3.20. The van der Waals surface area contributed by atoms with Crippen molar-refractivity contribution in [2.24, 2.45) is 5.92 Å². The second kappa shape index (κ2) is 10.0. The molecule has 3 amide bonds. The molecule has 0 bridgehead atoms. The van der Waals surface area contributed by atoms with E-state index >= 15 is 0 Å². The van der Waals surface area contributed by atoms with Crippen molar-refractivity contribution in [3.8, 4) is 0 Å². The SMILES string of the molecule is CC1CCN(c2nnc(S[C@H](C)C(=O)NC(=O)NC(C)C)n2Cc2ccco2)CC1. The lowest BCUT2D eigenvalue weighted by Gasteiger charge is -2.31. The van der Waals surface area contributed by atoms with E-state index in [4.69, 9.17) is 4.42 Å². The zero-order valence-electron chi connectivity index (χ0n) is 17.9. The molecule has 1 atom stereocenters. The Morgan fingerprint density at radius 2 is 2.00 bits per heavy atom. The number of anilines is 1. The fraction of sp³-hybridized carbons (Fsp3) is 0.600. The third kappa shape index (κ3) is 5.78. The molecule has 2 aromatic heterocycles. The number of rotatable bonds is 7. The Morgan fingerprint density at radius 1 is 1.27 bits per heavy atom. The van der Waals surface area contributed by atoms with E-state index in [0.29, 0.717) is 17.6 Å². The lowest BCUT2D eigenvalue weighted by Crippen LogP contribution is -2.45. The molecule has 3 rings (SSSR count). The molecule has 0 aliphatic carbocycles. The molecule has 164 valence electrons. The molecule has 1 fully saturated rings. The third-order valence-electron chi connectivity index (χ3n) is 4.97. The molecule has 10 heteroatoms. The molecule has 9 nitrogen and oxygen atoms in total. The van der Waals surface area contributed by atoms with Crippen LogP contribution in [0, 0.1) is 5.92 Å². The van der Waals surface area contributed by atoms with Crippen LogP contribution in [0.4, 0.5) is 10.7 Å². The van der Waals surface area contributed by atoms with Crippen LogP contribution in [-0.4, -0.2) is 51.1 Å². The molecule has 2 aromatic rings. The molecule has 3 heterocycles. The van der Waals surface area contributed by atoms with Gasteiger partial charge in [0.15, 0.2) is 5.16 Å². The number of amides is 3. The maximum atomic E-state index is 12.4. The van der Waals surface area contributed by atoms with Gasteiger partial charge in [-0.05, 0) is 51.7 Å². The second-order valence-electron chi connectivity index (χ2n) is 8.00. The van der Waals surface area contributed by atoms with Gasteiger partial charge in [-0.3, -0.25) is 14.7 Å². The Kier molecular flexibility index (Phi) is 7.41. The normalized spacial score (nSPS) is 16.0. The first-order valence-corrected chi connectivity index (χ1v) is 11.2. The van der Waals surface area contributed by atoms with E-state index in [2.05, 4.69) is 32.7 Å². The molecule has 0 aromatic carbocycles. The average Bonchev–Trinajstić information content (AvgIpc) is 3.33. The van der Waals surface area contributed by atoms with Crippen LogP contribution in [-0.2, 0) is 11.3 Å². The Hall–Kier alpha value is -2.49. The summed E-state index contributed by atoms with van der Waals surface area (Å²) in [5.74, 6) is 1.90. The van der Waals surface area contributed by atoms with Crippen LogP contribution >= 0.6 is 11.8 Å². The number of carbonyl (C=O) groups excluding carboxylic acids is 2. The summed E-state index contributed by atoms with van der Waals surface area (Å²) in [6.07, 6.45) is 3.86. The number of hydrogen-bond donors (Lipinski definition) is 2. The summed E-state index contributed by atoms with van der Waals surface area (Å²) in [6.45, 7) is 10.0. The van der Waals surface area contributed by atoms with Crippen molar-refractivity contribution in [1.82, 2.24) is 25.4 Å². The summed E-state index contributed by atoms with van der Waals surface area (Å²) < 4.78 is 7.51. The van der Waals surface area contributed by atoms with E-state index in [-0.39, 0.29) is 11.9 Å². The largest absolute Gasteiger partial charge is 0.467 e. The van der Waals surface area contributed by atoms with Crippen LogP contribution < -0.4 is 15.5 Å². The van der Waals surface area contributed by atoms with Crippen LogP contribution in [0.25, 0.3) is 0 Å². The highest BCUT2D eigenvalue weighted by Crippen LogP contribution is 2.29. The van der Waals surface area contributed by atoms with Gasteiger partial charge in [0, 0.05) is 19.1 Å². The number of aromatic nitrogens is 3. The molecule has 1 aliphatic heterocycles. The molecule has 30 heavy (non-hydrogen) atoms. The first-order chi connectivity index (χ1) is 14.3. The van der Waals surface area contributed by atoms with Crippen molar-refractivity contribution in [2.45, 2.75) is 63.5 Å². The molecule has 0 radical (unpaired) electrons. The summed E-state index contributed by atoms with van der Waals surface area (Å²) in [5.41, 5.74) is 0. The minimum absolute atomic E-state index is 0.0491. The van der Waals surface area contributed by atoms with Crippen molar-refractivity contribution >= 4 is 29.6 Å². The van der Waals surface area contributed by atoms with Gasteiger partial charge < -0.3 is 14.6 Å². The number of furan rings is 1. The van der Waals surface area contributed by atoms with Gasteiger partial charge in [0.05, 0.1) is 18.1 Å². The van der Waals surface area contributed by atoms with Crippen molar-refractivity contribution in [2.75, 3.05) is 18.0 Å². The van der Waals surface area contributed by atoms with E-state index < -0.39 is 11.3 Å². The van der Waals surface area contributed by atoms with Crippen molar-refractivity contribution in [1.29, 1.82) is 0 Å². The van der Waals surface area contributed by atoms with Crippen LogP contribution in [0.3, 0.4) is 0 Å². The van der Waals surface area contributed by atoms with Crippen molar-refractivity contribution in [3.05, 3.63) is 24.2 Å². The predicted molar refractivity (Wildman–Crippen MR) is 116 cm³/mol. The van der Waals surface area contributed by atoms with Gasteiger partial charge in [0.2, 0.25) is 11.9 Å². The fourth-order valence-electron chi connectivity index (χ4n) is 3.23. The monoisotopic (exact) mass is 434 g/mol. The predicted octanol–water partition coefficient (Wildman–Crippen LogP) is 2.87. The van der Waals surface area contributed by atoms with Crippen LogP contribution in [0.15, 0.2) is 28.0 Å². The van der Waals surface area contributed by atoms with E-state index in [1.54, 1.807) is 13.2 Å². The number of thioether (sulfide) groups is 1. The minimum atomic E-state index is -0.517. The third-order valence-corrected chi connectivity index (χ3v) is 6.05. The van der Waals surface area contributed by atoms with Gasteiger partial charge in [0.25, 0.3) is 0 Å². The average molecular weight is 435 g/mol. The molecular weight excluding hydrogens is 404 g/mol. The van der Waals surface area contributed by atoms with Crippen LogP contribution in [0.5, 0.6) is 0 Å². The van der Waals surface area contributed by atoms with Gasteiger partial charge in [0.1, 0.15) is 5.76 Å². The number of carbonyl (C=O) groups is 2. The zero-order valence-corrected chi connectivity index (χ0v) is 18.7. The Bertz CT molecular complexity index is 843. The quantitative estimate of drug-likeness (QED) is 0.646. The van der Waals surface area contributed by atoms with Gasteiger partial charge >= 0.3 is 6.03 Å². The maximum Gasteiger partial charge on any atom is 0.321 e. The van der Waals surface area contributed by atoms with Gasteiger partial charge in [-0.15, -0.1) is 10.2 Å². The molecule has 0 spiro atoms. The number of nitrogens with one attached hydrogen (secondary N) is 2. The van der Waals surface area contributed by atoms with Crippen LogP contribution in [0.2, 0.25) is 0 Å². The summed E-state index contributed by atoms with van der Waals surface area (Å²) >= 11 is 1.28. The summed E-state index contributed by atoms with van der Waals surface area (Å²) in [5, 5.41) is 13.9. The highest BCUT2D eigenvalue weighted by atomic mass is 32.2. The maximum absolute atomic E-state index is 12.4. The Labute approximate surface area is 181 Å². The Morgan fingerprint density at radius 3 is 2.63 bits per heavy atom. The van der Waals surface area contributed by atoms with E-state index in [0.717, 1.165) is 37.6 Å². The van der Waals surface area contributed by atoms with Crippen molar-refractivity contribution < 1.29 is 14.0 Å². The van der Waals surface area contributed by atoms with Gasteiger partial charge in [-0.1, -0.05) is 18.7 Å². The molecule has 0 saturated carbocycles. The first kappa shape index (κ1) is 22.2. The fourth-order valence-corrected chi connectivity index (χ4v) is 4.07. The number of nitrogens with zero attached hydrogens (tertiary/aromatic N) is 4. The van der Waals surface area contributed by atoms with Gasteiger partial charge in [-0.25, -0.2) is 4.79 Å². The zero-order chi connectivity index (χ0) is 21.7. The standard InChI is InChI=1S/C20H30N6O3S/c1-13(2)21-18(28)22-17(27)15(4)30-20-24-23-19(25-9-7-14(3)8-10-25)26(20)12-16-6-5-11-29-16/h5-6,11,13-15H,7-10,12H2,1-4H3,(H2,21,22,27,28)/t15-/m1/s1.